The summed E-state index contributed by atoms with van der Waals surface area (Å²) in [5.74, 6) is -0.209. The van der Waals surface area contributed by atoms with Crippen LogP contribution in [0.25, 0.3) is 0 Å². The lowest BCUT2D eigenvalue weighted by molar-refractivity contribution is -0.0374. The molecule has 1 aromatic carbocycles. The van der Waals surface area contributed by atoms with Gasteiger partial charge in [0.05, 0.1) is 5.60 Å². The van der Waals surface area contributed by atoms with E-state index >= 15 is 0 Å². The van der Waals surface area contributed by atoms with E-state index in [1.165, 1.54) is 6.07 Å². The molecule has 0 saturated heterocycles. The van der Waals surface area contributed by atoms with E-state index in [1.54, 1.807) is 19.2 Å². The maximum atomic E-state index is 13.3. The molecule has 0 aliphatic heterocycles. The molecule has 2 N–H and O–H groups in total. The molecule has 3 heteroatoms. The summed E-state index contributed by atoms with van der Waals surface area (Å²) < 4.78 is 18.9. The highest BCUT2D eigenvalue weighted by Gasteiger charge is 2.33. The smallest absolute Gasteiger partial charge is 0.123 e. The van der Waals surface area contributed by atoms with E-state index in [1.807, 2.05) is 6.92 Å². The number of nitrogens with two attached hydrogens (primary N) is 1. The van der Waals surface area contributed by atoms with E-state index < -0.39 is 0 Å². The minimum atomic E-state index is -0.321. The third-order valence-electron chi connectivity index (χ3n) is 4.03. The van der Waals surface area contributed by atoms with E-state index in [0.717, 1.165) is 24.0 Å². The number of hydrogen-bond donors (Lipinski definition) is 1. The molecule has 1 rings (SSSR count). The van der Waals surface area contributed by atoms with Crippen LogP contribution in [0.4, 0.5) is 4.39 Å². The first-order valence-corrected chi connectivity index (χ1v) is 6.54. The average Bonchev–Trinajstić information content (AvgIpc) is 2.37. The Morgan fingerprint density at radius 1 is 1.33 bits per heavy atom. The molecule has 18 heavy (non-hydrogen) atoms. The molecule has 0 radical (unpaired) electrons. The molecule has 0 fully saturated rings. The molecule has 0 heterocycles. The number of benzene rings is 1. The van der Waals surface area contributed by atoms with Crippen LogP contribution in [-0.4, -0.2) is 18.8 Å². The average molecular weight is 253 g/mol. The van der Waals surface area contributed by atoms with Crippen molar-refractivity contribution < 1.29 is 9.13 Å². The summed E-state index contributed by atoms with van der Waals surface area (Å²) in [4.78, 5) is 0. The summed E-state index contributed by atoms with van der Waals surface area (Å²) in [5.41, 5.74) is 8.00. The van der Waals surface area contributed by atoms with Gasteiger partial charge in [-0.05, 0) is 49.4 Å². The molecular weight excluding hydrogens is 229 g/mol. The summed E-state index contributed by atoms with van der Waals surface area (Å²) in [5, 5.41) is 0. The Labute approximate surface area is 109 Å². The first kappa shape index (κ1) is 15.1. The fourth-order valence-electron chi connectivity index (χ4n) is 2.50. The van der Waals surface area contributed by atoms with Gasteiger partial charge in [0.2, 0.25) is 0 Å². The van der Waals surface area contributed by atoms with E-state index in [0.29, 0.717) is 6.42 Å². The standard InChI is InChI=1S/C15H24FNO/c1-5-15(6-2,18-4)14(17)10-12-9-13(16)8-7-11(12)3/h7-9,14H,5-6,10,17H2,1-4H3. The predicted molar refractivity (Wildman–Crippen MR) is 73.1 cm³/mol. The van der Waals surface area contributed by atoms with Gasteiger partial charge < -0.3 is 10.5 Å². The van der Waals surface area contributed by atoms with Gasteiger partial charge in [-0.2, -0.15) is 0 Å². The molecule has 0 amide bonds. The molecule has 0 aliphatic carbocycles. The highest BCUT2D eigenvalue weighted by Crippen LogP contribution is 2.26. The van der Waals surface area contributed by atoms with Crippen molar-refractivity contribution in [2.45, 2.75) is 51.7 Å². The van der Waals surface area contributed by atoms with Crippen molar-refractivity contribution in [3.63, 3.8) is 0 Å². The van der Waals surface area contributed by atoms with Crippen molar-refractivity contribution in [2.75, 3.05) is 7.11 Å². The zero-order valence-electron chi connectivity index (χ0n) is 11.8. The van der Waals surface area contributed by atoms with Gasteiger partial charge in [0.1, 0.15) is 5.82 Å². The van der Waals surface area contributed by atoms with E-state index in [2.05, 4.69) is 13.8 Å². The van der Waals surface area contributed by atoms with Crippen LogP contribution in [0.2, 0.25) is 0 Å². The molecule has 102 valence electrons. The first-order chi connectivity index (χ1) is 8.49. The Morgan fingerprint density at radius 3 is 2.44 bits per heavy atom. The monoisotopic (exact) mass is 253 g/mol. The second-order valence-corrected chi connectivity index (χ2v) is 4.86. The molecule has 0 saturated carbocycles. The van der Waals surface area contributed by atoms with Crippen LogP contribution in [-0.2, 0) is 11.2 Å². The van der Waals surface area contributed by atoms with Crippen molar-refractivity contribution in [2.24, 2.45) is 5.73 Å². The van der Waals surface area contributed by atoms with E-state index in [-0.39, 0.29) is 17.5 Å². The van der Waals surface area contributed by atoms with Gasteiger partial charge in [0.15, 0.2) is 0 Å². The number of aryl methyl sites for hydroxylation is 1. The SMILES string of the molecule is CCC(CC)(OC)C(N)Cc1cc(F)ccc1C. The van der Waals surface area contributed by atoms with Crippen molar-refractivity contribution in [1.29, 1.82) is 0 Å². The normalized spacial score (nSPS) is 13.7. The summed E-state index contributed by atoms with van der Waals surface area (Å²) >= 11 is 0. The van der Waals surface area contributed by atoms with Crippen LogP contribution in [0, 0.1) is 12.7 Å². The molecular formula is C15H24FNO. The molecule has 0 aliphatic rings. The third kappa shape index (κ3) is 3.09. The van der Waals surface area contributed by atoms with Crippen molar-refractivity contribution in [3.8, 4) is 0 Å². The molecule has 0 aromatic heterocycles. The van der Waals surface area contributed by atoms with Crippen molar-refractivity contribution in [3.05, 3.63) is 35.1 Å². The van der Waals surface area contributed by atoms with Gasteiger partial charge in [0, 0.05) is 13.2 Å². The lowest BCUT2D eigenvalue weighted by Crippen LogP contribution is -2.50. The zero-order chi connectivity index (χ0) is 13.8. The van der Waals surface area contributed by atoms with Crippen molar-refractivity contribution >= 4 is 0 Å². The van der Waals surface area contributed by atoms with Crippen LogP contribution in [0.1, 0.15) is 37.8 Å². The lowest BCUT2D eigenvalue weighted by atomic mass is 9.84. The topological polar surface area (TPSA) is 35.2 Å². The number of ether oxygens (including phenoxy) is 1. The fraction of sp³-hybridized carbons (Fsp3) is 0.600. The number of methoxy groups -OCH3 is 1. The summed E-state index contributed by atoms with van der Waals surface area (Å²) in [6.45, 7) is 6.13. The van der Waals surface area contributed by atoms with Crippen LogP contribution < -0.4 is 5.73 Å². The summed E-state index contributed by atoms with van der Waals surface area (Å²) in [7, 11) is 1.70. The molecule has 0 bridgehead atoms. The summed E-state index contributed by atoms with van der Waals surface area (Å²) in [6, 6.07) is 4.72. The van der Waals surface area contributed by atoms with Gasteiger partial charge in [-0.1, -0.05) is 19.9 Å². The van der Waals surface area contributed by atoms with Gasteiger partial charge in [-0.25, -0.2) is 4.39 Å². The number of halogens is 1. The van der Waals surface area contributed by atoms with Crippen molar-refractivity contribution in [1.82, 2.24) is 0 Å². The molecule has 0 spiro atoms. The highest BCUT2D eigenvalue weighted by molar-refractivity contribution is 5.27. The first-order valence-electron chi connectivity index (χ1n) is 6.54. The minimum Gasteiger partial charge on any atom is -0.377 e. The Morgan fingerprint density at radius 2 is 1.94 bits per heavy atom. The Kier molecular flexibility index (Phi) is 5.29. The van der Waals surface area contributed by atoms with Crippen LogP contribution >= 0.6 is 0 Å². The van der Waals surface area contributed by atoms with Crippen LogP contribution in [0.15, 0.2) is 18.2 Å². The molecule has 1 unspecified atom stereocenters. The van der Waals surface area contributed by atoms with E-state index in [4.69, 9.17) is 10.5 Å². The molecule has 2 nitrogen and oxygen atoms in total. The maximum Gasteiger partial charge on any atom is 0.123 e. The van der Waals surface area contributed by atoms with Gasteiger partial charge in [0.25, 0.3) is 0 Å². The number of hydrogen-bond acceptors (Lipinski definition) is 2. The Bertz CT molecular complexity index is 380. The molecule has 1 aromatic rings. The molecule has 1 atom stereocenters. The third-order valence-corrected chi connectivity index (χ3v) is 4.03. The minimum absolute atomic E-state index is 0.127. The van der Waals surface area contributed by atoms with Crippen LogP contribution in [0.3, 0.4) is 0 Å². The zero-order valence-corrected chi connectivity index (χ0v) is 11.8. The Balaban J connectivity index is 2.92. The second-order valence-electron chi connectivity index (χ2n) is 4.86. The predicted octanol–water partition coefficient (Wildman–Crippen LogP) is 3.21. The van der Waals surface area contributed by atoms with Gasteiger partial charge >= 0.3 is 0 Å². The van der Waals surface area contributed by atoms with Gasteiger partial charge in [-0.15, -0.1) is 0 Å². The number of rotatable bonds is 6. The quantitative estimate of drug-likeness (QED) is 0.845. The van der Waals surface area contributed by atoms with Crippen LogP contribution in [0.5, 0.6) is 0 Å². The summed E-state index contributed by atoms with van der Waals surface area (Å²) in [6.07, 6.45) is 2.35. The van der Waals surface area contributed by atoms with E-state index in [9.17, 15) is 4.39 Å². The largest absolute Gasteiger partial charge is 0.377 e. The fourth-order valence-corrected chi connectivity index (χ4v) is 2.50. The highest BCUT2D eigenvalue weighted by atomic mass is 19.1. The maximum absolute atomic E-state index is 13.3. The Hall–Kier alpha value is -0.930. The second kappa shape index (κ2) is 6.30. The van der Waals surface area contributed by atoms with Gasteiger partial charge in [-0.3, -0.25) is 0 Å². The lowest BCUT2D eigenvalue weighted by Gasteiger charge is -2.36.